The number of nitrogens with zero attached hydrogens (tertiary/aromatic N) is 2. The molecule has 3 heterocycles. The van der Waals surface area contributed by atoms with E-state index in [1.807, 2.05) is 85.8 Å². The highest BCUT2D eigenvalue weighted by atomic mass is 32.1. The first-order valence-electron chi connectivity index (χ1n) is 11.6. The molecule has 2 aromatic heterocycles. The summed E-state index contributed by atoms with van der Waals surface area (Å²) in [5.74, 6) is 1.35. The monoisotopic (exact) mass is 498 g/mol. The molecular formula is C28H26N4O3S. The van der Waals surface area contributed by atoms with E-state index >= 15 is 0 Å². The number of furan rings is 1. The van der Waals surface area contributed by atoms with Gasteiger partial charge >= 0.3 is 0 Å². The second kappa shape index (κ2) is 10.3. The van der Waals surface area contributed by atoms with E-state index in [1.165, 1.54) is 7.11 Å². The Labute approximate surface area is 215 Å². The molecule has 1 aliphatic rings. The summed E-state index contributed by atoms with van der Waals surface area (Å²) in [4.78, 5) is 18.7. The summed E-state index contributed by atoms with van der Waals surface area (Å²) in [6.45, 7) is 1.95. The SMILES string of the molecule is COCC(=O)Nc1ccc(N2C(=S)N[C@H](c3ccccn3)[C@@H]2c2ccc(-c3ccccc3)o2)cc1C. The zero-order valence-electron chi connectivity index (χ0n) is 20.0. The summed E-state index contributed by atoms with van der Waals surface area (Å²) in [6, 6.07) is 25.2. The van der Waals surface area contributed by atoms with Crippen molar-refractivity contribution in [3.05, 3.63) is 102 Å². The van der Waals surface area contributed by atoms with Gasteiger partial charge in [-0.3, -0.25) is 9.78 Å². The van der Waals surface area contributed by atoms with Crippen LogP contribution >= 0.6 is 12.2 Å². The van der Waals surface area contributed by atoms with Crippen molar-refractivity contribution >= 4 is 34.6 Å². The van der Waals surface area contributed by atoms with Gasteiger partial charge in [0.2, 0.25) is 5.91 Å². The van der Waals surface area contributed by atoms with Crippen molar-refractivity contribution in [1.29, 1.82) is 0 Å². The van der Waals surface area contributed by atoms with Gasteiger partial charge in [0, 0.05) is 30.2 Å². The number of pyridine rings is 1. The van der Waals surface area contributed by atoms with Crippen molar-refractivity contribution in [2.75, 3.05) is 23.9 Å². The minimum atomic E-state index is -0.266. The number of rotatable bonds is 7. The Hall–Kier alpha value is -4.01. The number of carbonyl (C=O) groups excluding carboxylic acids is 1. The third-order valence-corrected chi connectivity index (χ3v) is 6.43. The molecule has 0 bridgehead atoms. The molecular weight excluding hydrogens is 472 g/mol. The molecule has 1 aliphatic heterocycles. The number of aryl methyl sites for hydroxylation is 1. The number of ether oxygens (including phenoxy) is 1. The maximum atomic E-state index is 12.0. The van der Waals surface area contributed by atoms with E-state index in [0.29, 0.717) is 5.11 Å². The van der Waals surface area contributed by atoms with Gasteiger partial charge < -0.3 is 24.7 Å². The maximum Gasteiger partial charge on any atom is 0.250 e. The highest BCUT2D eigenvalue weighted by Gasteiger charge is 2.42. The fraction of sp³-hybridized carbons (Fsp3) is 0.179. The number of thiocarbonyl (C=S) groups is 1. The van der Waals surface area contributed by atoms with Crippen molar-refractivity contribution in [2.45, 2.75) is 19.0 Å². The highest BCUT2D eigenvalue weighted by Crippen LogP contribution is 2.43. The summed E-state index contributed by atoms with van der Waals surface area (Å²) < 4.78 is 11.3. The zero-order chi connectivity index (χ0) is 25.1. The molecule has 0 saturated carbocycles. The minimum absolute atomic E-state index is 0.00259. The molecule has 5 rings (SSSR count). The molecule has 2 aromatic carbocycles. The van der Waals surface area contributed by atoms with E-state index in [0.717, 1.165) is 39.7 Å². The second-order valence-corrected chi connectivity index (χ2v) is 8.93. The number of methoxy groups -OCH3 is 1. The minimum Gasteiger partial charge on any atom is -0.459 e. The molecule has 36 heavy (non-hydrogen) atoms. The predicted molar refractivity (Wildman–Crippen MR) is 144 cm³/mol. The lowest BCUT2D eigenvalue weighted by Gasteiger charge is -2.26. The van der Waals surface area contributed by atoms with Crippen LogP contribution < -0.4 is 15.5 Å². The lowest BCUT2D eigenvalue weighted by Crippen LogP contribution is -2.29. The van der Waals surface area contributed by atoms with Crippen LogP contribution in [0.5, 0.6) is 0 Å². The number of amides is 1. The molecule has 1 saturated heterocycles. The Balaban J connectivity index is 1.53. The van der Waals surface area contributed by atoms with Crippen molar-refractivity contribution in [2.24, 2.45) is 0 Å². The summed E-state index contributed by atoms with van der Waals surface area (Å²) in [6.07, 6.45) is 1.78. The van der Waals surface area contributed by atoms with Crippen LogP contribution in [0, 0.1) is 6.92 Å². The van der Waals surface area contributed by atoms with Crippen LogP contribution in [-0.2, 0) is 9.53 Å². The van der Waals surface area contributed by atoms with Gasteiger partial charge in [0.25, 0.3) is 0 Å². The topological polar surface area (TPSA) is 79.6 Å². The van der Waals surface area contributed by atoms with Crippen LogP contribution in [0.15, 0.2) is 89.5 Å². The van der Waals surface area contributed by atoms with Crippen LogP contribution in [0.3, 0.4) is 0 Å². The van der Waals surface area contributed by atoms with Crippen LogP contribution in [0.25, 0.3) is 11.3 Å². The third-order valence-electron chi connectivity index (χ3n) is 6.11. The van der Waals surface area contributed by atoms with Crippen LogP contribution in [0.4, 0.5) is 11.4 Å². The Morgan fingerprint density at radius 2 is 1.92 bits per heavy atom. The first kappa shape index (κ1) is 23.7. The molecule has 0 aliphatic carbocycles. The first-order valence-corrected chi connectivity index (χ1v) is 12.0. The Morgan fingerprint density at radius 3 is 2.64 bits per heavy atom. The number of nitrogens with one attached hydrogen (secondary N) is 2. The fourth-order valence-corrected chi connectivity index (χ4v) is 4.79. The normalized spacial score (nSPS) is 17.2. The predicted octanol–water partition coefficient (Wildman–Crippen LogP) is 5.41. The standard InChI is InChI=1S/C28H26N4O3S/c1-18-16-20(11-12-21(18)30-25(33)17-34-2)32-27(26(31-28(32)36)22-10-6-7-15-29-22)24-14-13-23(35-24)19-8-4-3-5-9-19/h3-16,26-27H,17H2,1-2H3,(H,30,33)(H,31,36)/t26-,27+/m1/s1. The average Bonchev–Trinajstić information content (AvgIpc) is 3.51. The van der Waals surface area contributed by atoms with Gasteiger partial charge in [0.1, 0.15) is 24.2 Å². The molecule has 0 spiro atoms. The lowest BCUT2D eigenvalue weighted by molar-refractivity contribution is -0.119. The summed E-state index contributed by atoms with van der Waals surface area (Å²) in [7, 11) is 1.49. The Kier molecular flexibility index (Phi) is 6.79. The fourth-order valence-electron chi connectivity index (χ4n) is 4.45. The van der Waals surface area contributed by atoms with Crippen LogP contribution in [-0.4, -0.2) is 29.7 Å². The number of anilines is 2. The molecule has 0 radical (unpaired) electrons. The van der Waals surface area contributed by atoms with Crippen LogP contribution in [0.1, 0.15) is 29.1 Å². The van der Waals surface area contributed by atoms with E-state index in [9.17, 15) is 4.79 Å². The van der Waals surface area contributed by atoms with Crippen molar-refractivity contribution in [3.8, 4) is 11.3 Å². The van der Waals surface area contributed by atoms with Gasteiger partial charge in [0.05, 0.1) is 11.7 Å². The molecule has 0 unspecified atom stereocenters. The van der Waals surface area contributed by atoms with E-state index in [4.69, 9.17) is 21.4 Å². The molecule has 7 nitrogen and oxygen atoms in total. The van der Waals surface area contributed by atoms with Gasteiger partial charge in [-0.15, -0.1) is 0 Å². The first-order chi connectivity index (χ1) is 17.5. The van der Waals surface area contributed by atoms with Gasteiger partial charge in [-0.05, 0) is 67.2 Å². The average molecular weight is 499 g/mol. The highest BCUT2D eigenvalue weighted by molar-refractivity contribution is 7.80. The number of hydrogen-bond donors (Lipinski definition) is 2. The molecule has 2 atom stereocenters. The van der Waals surface area contributed by atoms with Crippen molar-refractivity contribution < 1.29 is 13.9 Å². The number of hydrogen-bond acceptors (Lipinski definition) is 5. The van der Waals surface area contributed by atoms with Gasteiger partial charge in [-0.25, -0.2) is 0 Å². The van der Waals surface area contributed by atoms with Gasteiger partial charge in [-0.1, -0.05) is 36.4 Å². The van der Waals surface area contributed by atoms with Gasteiger partial charge in [0.15, 0.2) is 5.11 Å². The lowest BCUT2D eigenvalue weighted by atomic mass is 10.0. The molecule has 182 valence electrons. The third kappa shape index (κ3) is 4.73. The Morgan fingerprint density at radius 1 is 1.11 bits per heavy atom. The molecule has 8 heteroatoms. The quantitative estimate of drug-likeness (QED) is 0.330. The summed E-state index contributed by atoms with van der Waals surface area (Å²) in [5.41, 5.74) is 4.39. The summed E-state index contributed by atoms with van der Waals surface area (Å²) >= 11 is 5.82. The Bertz CT molecular complexity index is 1370. The number of carbonyl (C=O) groups is 1. The van der Waals surface area contributed by atoms with Crippen molar-refractivity contribution in [1.82, 2.24) is 10.3 Å². The second-order valence-electron chi connectivity index (χ2n) is 8.55. The zero-order valence-corrected chi connectivity index (χ0v) is 20.8. The maximum absolute atomic E-state index is 12.0. The molecule has 1 amide bonds. The van der Waals surface area contributed by atoms with E-state index in [-0.39, 0.29) is 24.6 Å². The largest absolute Gasteiger partial charge is 0.459 e. The number of benzene rings is 2. The number of aromatic nitrogens is 1. The van der Waals surface area contributed by atoms with E-state index < -0.39 is 0 Å². The van der Waals surface area contributed by atoms with E-state index in [2.05, 4.69) is 20.5 Å². The van der Waals surface area contributed by atoms with E-state index in [1.54, 1.807) is 6.20 Å². The van der Waals surface area contributed by atoms with Crippen LogP contribution in [0.2, 0.25) is 0 Å². The van der Waals surface area contributed by atoms with Gasteiger partial charge in [-0.2, -0.15) is 0 Å². The van der Waals surface area contributed by atoms with Crippen molar-refractivity contribution in [3.63, 3.8) is 0 Å². The molecule has 4 aromatic rings. The smallest absolute Gasteiger partial charge is 0.250 e. The molecule has 2 N–H and O–H groups in total. The summed E-state index contributed by atoms with van der Waals surface area (Å²) in [5, 5.41) is 6.90. The molecule has 1 fully saturated rings.